The third-order valence-corrected chi connectivity index (χ3v) is 3.26. The Kier molecular flexibility index (Phi) is 5.71. The lowest BCUT2D eigenvalue weighted by molar-refractivity contribution is -0.126. The fraction of sp³-hybridized carbons (Fsp3) is 0.467. The van der Waals surface area contributed by atoms with Crippen molar-refractivity contribution in [2.75, 3.05) is 26.3 Å². The average Bonchev–Trinajstić information content (AvgIpc) is 2.54. The molecule has 1 aromatic rings. The molecular weight excluding hydrogens is 270 g/mol. The van der Waals surface area contributed by atoms with E-state index in [0.717, 1.165) is 5.56 Å². The number of hydrogen-bond donors (Lipinski definition) is 3. The quantitative estimate of drug-likeness (QED) is 0.716. The van der Waals surface area contributed by atoms with Crippen LogP contribution in [0.4, 0.5) is 0 Å². The highest BCUT2D eigenvalue weighted by Gasteiger charge is 2.20. The van der Waals surface area contributed by atoms with Gasteiger partial charge in [-0.1, -0.05) is 12.1 Å². The van der Waals surface area contributed by atoms with E-state index in [1.807, 2.05) is 19.1 Å². The number of carbonyl (C=O) groups is 2. The summed E-state index contributed by atoms with van der Waals surface area (Å²) in [6, 6.07) is 6.92. The fourth-order valence-electron chi connectivity index (χ4n) is 2.08. The minimum Gasteiger partial charge on any atom is -0.378 e. The van der Waals surface area contributed by atoms with Crippen molar-refractivity contribution < 1.29 is 14.3 Å². The van der Waals surface area contributed by atoms with Gasteiger partial charge in [0.15, 0.2) is 0 Å². The van der Waals surface area contributed by atoms with Gasteiger partial charge >= 0.3 is 0 Å². The normalized spacial score (nSPS) is 18.0. The zero-order chi connectivity index (χ0) is 15.1. The molecule has 0 radical (unpaired) electrons. The van der Waals surface area contributed by atoms with E-state index in [4.69, 9.17) is 4.74 Å². The van der Waals surface area contributed by atoms with Crippen molar-refractivity contribution in [2.45, 2.75) is 19.5 Å². The minimum absolute atomic E-state index is 0.0671. The molecule has 1 aliphatic rings. The maximum Gasteiger partial charge on any atom is 0.251 e. The topological polar surface area (TPSA) is 79.5 Å². The summed E-state index contributed by atoms with van der Waals surface area (Å²) >= 11 is 0. The van der Waals surface area contributed by atoms with Gasteiger partial charge in [-0.05, 0) is 24.6 Å². The van der Waals surface area contributed by atoms with Crippen molar-refractivity contribution in [3.63, 3.8) is 0 Å². The van der Waals surface area contributed by atoms with Gasteiger partial charge in [-0.25, -0.2) is 0 Å². The first-order chi connectivity index (χ1) is 10.2. The molecule has 114 valence electrons. The number of carbonyl (C=O) groups excluding carboxylic acids is 2. The molecule has 1 aromatic carbocycles. The van der Waals surface area contributed by atoms with E-state index in [1.165, 1.54) is 0 Å². The number of amides is 2. The predicted molar refractivity (Wildman–Crippen MR) is 78.9 cm³/mol. The first kappa shape index (κ1) is 15.5. The summed E-state index contributed by atoms with van der Waals surface area (Å²) in [6.45, 7) is 4.66. The molecule has 0 aromatic heterocycles. The summed E-state index contributed by atoms with van der Waals surface area (Å²) < 4.78 is 5.25. The summed E-state index contributed by atoms with van der Waals surface area (Å²) in [5, 5.41) is 8.71. The molecule has 0 spiro atoms. The number of ether oxygens (including phenoxy) is 1. The van der Waals surface area contributed by atoms with E-state index in [1.54, 1.807) is 12.1 Å². The van der Waals surface area contributed by atoms with E-state index in [9.17, 15) is 9.59 Å². The molecule has 0 saturated carbocycles. The fourth-order valence-corrected chi connectivity index (χ4v) is 2.08. The van der Waals surface area contributed by atoms with Crippen LogP contribution in [0.2, 0.25) is 0 Å². The zero-order valence-corrected chi connectivity index (χ0v) is 12.1. The Morgan fingerprint density at radius 3 is 2.67 bits per heavy atom. The van der Waals surface area contributed by atoms with Crippen LogP contribution in [-0.2, 0) is 16.1 Å². The smallest absolute Gasteiger partial charge is 0.251 e. The Morgan fingerprint density at radius 2 is 2.05 bits per heavy atom. The van der Waals surface area contributed by atoms with Crippen LogP contribution >= 0.6 is 0 Å². The van der Waals surface area contributed by atoms with E-state index in [0.29, 0.717) is 38.4 Å². The summed E-state index contributed by atoms with van der Waals surface area (Å²) in [6.07, 6.45) is 0. The number of benzene rings is 1. The van der Waals surface area contributed by atoms with Gasteiger partial charge in [0.2, 0.25) is 5.91 Å². The summed E-state index contributed by atoms with van der Waals surface area (Å²) in [7, 11) is 0. The lowest BCUT2D eigenvalue weighted by Gasteiger charge is -2.22. The number of hydrogen-bond acceptors (Lipinski definition) is 4. The van der Waals surface area contributed by atoms with Gasteiger partial charge < -0.3 is 20.7 Å². The van der Waals surface area contributed by atoms with Crippen molar-refractivity contribution in [1.29, 1.82) is 0 Å². The molecule has 1 aliphatic heterocycles. The van der Waals surface area contributed by atoms with Crippen molar-refractivity contribution in [3.8, 4) is 0 Å². The largest absolute Gasteiger partial charge is 0.378 e. The molecular formula is C15H21N3O3. The van der Waals surface area contributed by atoms with Crippen LogP contribution in [0, 0.1) is 0 Å². The van der Waals surface area contributed by atoms with Crippen LogP contribution in [0.15, 0.2) is 24.3 Å². The lowest BCUT2D eigenvalue weighted by atomic mass is 10.1. The van der Waals surface area contributed by atoms with Crippen LogP contribution in [0.5, 0.6) is 0 Å². The van der Waals surface area contributed by atoms with Crippen molar-refractivity contribution in [1.82, 2.24) is 16.0 Å². The van der Waals surface area contributed by atoms with Crippen LogP contribution in [0.25, 0.3) is 0 Å². The van der Waals surface area contributed by atoms with Crippen LogP contribution in [0.3, 0.4) is 0 Å². The van der Waals surface area contributed by atoms with Gasteiger partial charge in [-0.3, -0.25) is 9.59 Å². The Bertz CT molecular complexity index is 481. The van der Waals surface area contributed by atoms with Crippen LogP contribution in [-0.4, -0.2) is 44.2 Å². The maximum absolute atomic E-state index is 11.9. The van der Waals surface area contributed by atoms with E-state index in [2.05, 4.69) is 16.0 Å². The number of rotatable bonds is 5. The number of nitrogens with one attached hydrogen (secondary N) is 3. The second-order valence-electron chi connectivity index (χ2n) is 4.86. The SMILES string of the molecule is CCNC(=O)c1ccc(CNC(=O)C2COCCN2)cc1. The lowest BCUT2D eigenvalue weighted by Crippen LogP contribution is -2.51. The molecule has 1 heterocycles. The van der Waals surface area contributed by atoms with Crippen molar-refractivity contribution >= 4 is 11.8 Å². The van der Waals surface area contributed by atoms with Gasteiger partial charge in [-0.15, -0.1) is 0 Å². The number of morpholine rings is 1. The average molecular weight is 291 g/mol. The monoisotopic (exact) mass is 291 g/mol. The third kappa shape index (κ3) is 4.54. The Balaban J connectivity index is 1.83. The standard InChI is InChI=1S/C15H21N3O3/c1-2-16-14(19)12-5-3-11(4-6-12)9-18-15(20)13-10-21-8-7-17-13/h3-6,13,17H,2,7-10H2,1H3,(H,16,19)(H,18,20). The third-order valence-electron chi connectivity index (χ3n) is 3.26. The molecule has 0 bridgehead atoms. The van der Waals surface area contributed by atoms with E-state index >= 15 is 0 Å². The minimum atomic E-state index is -0.284. The second-order valence-corrected chi connectivity index (χ2v) is 4.86. The Labute approximate surface area is 124 Å². The first-order valence-corrected chi connectivity index (χ1v) is 7.16. The molecule has 2 amide bonds. The highest BCUT2D eigenvalue weighted by atomic mass is 16.5. The highest BCUT2D eigenvalue weighted by Crippen LogP contribution is 2.04. The summed E-state index contributed by atoms with van der Waals surface area (Å²) in [5.41, 5.74) is 1.57. The molecule has 3 N–H and O–H groups in total. The maximum atomic E-state index is 11.9. The second kappa shape index (κ2) is 7.75. The van der Waals surface area contributed by atoms with E-state index < -0.39 is 0 Å². The van der Waals surface area contributed by atoms with Gasteiger partial charge in [0.25, 0.3) is 5.91 Å². The molecule has 0 aliphatic carbocycles. The molecule has 6 nitrogen and oxygen atoms in total. The predicted octanol–water partition coefficient (Wildman–Crippen LogP) is 0.0409. The molecule has 21 heavy (non-hydrogen) atoms. The molecule has 1 atom stereocenters. The first-order valence-electron chi connectivity index (χ1n) is 7.16. The molecule has 1 fully saturated rings. The van der Waals surface area contributed by atoms with Crippen molar-refractivity contribution in [3.05, 3.63) is 35.4 Å². The molecule has 2 rings (SSSR count). The van der Waals surface area contributed by atoms with Gasteiger partial charge in [0, 0.05) is 25.2 Å². The van der Waals surface area contributed by atoms with Crippen LogP contribution < -0.4 is 16.0 Å². The summed E-state index contributed by atoms with van der Waals surface area (Å²) in [5.74, 6) is -0.154. The molecule has 1 saturated heterocycles. The van der Waals surface area contributed by atoms with Crippen molar-refractivity contribution in [2.24, 2.45) is 0 Å². The van der Waals surface area contributed by atoms with Gasteiger partial charge in [0.05, 0.1) is 13.2 Å². The molecule has 6 heteroatoms. The Morgan fingerprint density at radius 1 is 1.29 bits per heavy atom. The van der Waals surface area contributed by atoms with Gasteiger partial charge in [0.1, 0.15) is 6.04 Å². The summed E-state index contributed by atoms with van der Waals surface area (Å²) in [4.78, 5) is 23.5. The van der Waals surface area contributed by atoms with Crippen LogP contribution in [0.1, 0.15) is 22.8 Å². The Hall–Kier alpha value is -1.92. The zero-order valence-electron chi connectivity index (χ0n) is 12.1. The van der Waals surface area contributed by atoms with E-state index in [-0.39, 0.29) is 17.9 Å². The highest BCUT2D eigenvalue weighted by molar-refractivity contribution is 5.94. The van der Waals surface area contributed by atoms with Gasteiger partial charge in [-0.2, -0.15) is 0 Å². The molecule has 1 unspecified atom stereocenters.